The van der Waals surface area contributed by atoms with Gasteiger partial charge in [0, 0.05) is 6.54 Å². The van der Waals surface area contributed by atoms with Crippen LogP contribution in [0.1, 0.15) is 31.4 Å². The normalized spacial score (nSPS) is 17.2. The number of hydrogen-bond acceptors (Lipinski definition) is 3. The summed E-state index contributed by atoms with van der Waals surface area (Å²) in [6, 6.07) is 3.24. The first-order valence-corrected chi connectivity index (χ1v) is 7.39. The molecule has 1 saturated heterocycles. The fraction of sp³-hybridized carbons (Fsp3) is 0.438. The molecule has 1 heterocycles. The molecule has 0 aliphatic carbocycles. The van der Waals surface area contributed by atoms with Crippen LogP contribution < -0.4 is 4.90 Å². The number of benzene rings is 1. The number of alkyl halides is 4. The maximum Gasteiger partial charge on any atom is 0.417 e. The molecule has 0 saturated carbocycles. The summed E-state index contributed by atoms with van der Waals surface area (Å²) in [5, 5.41) is 8.82. The third-order valence-electron chi connectivity index (χ3n) is 4.03. The van der Waals surface area contributed by atoms with E-state index in [0.29, 0.717) is 11.0 Å². The van der Waals surface area contributed by atoms with Gasteiger partial charge in [-0.2, -0.15) is 18.4 Å². The Bertz CT molecular complexity index is 753. The van der Waals surface area contributed by atoms with Gasteiger partial charge in [-0.3, -0.25) is 9.18 Å². The zero-order chi connectivity index (χ0) is 19.0. The standard InChI is InChI=1S/C16H15F4N3O2/c1-15(2)13(24)23(14(25)22(15)7-3-6-17)11-5-4-10(9-21)12(8-11)16(18,19)20/h4-5,8H,3,6-7H2,1-2H3. The van der Waals surface area contributed by atoms with Crippen LogP contribution in [0.4, 0.5) is 28.0 Å². The number of imide groups is 1. The van der Waals surface area contributed by atoms with Crippen molar-refractivity contribution in [3.8, 4) is 6.07 Å². The van der Waals surface area contributed by atoms with E-state index in [1.54, 1.807) is 0 Å². The molecule has 0 radical (unpaired) electrons. The number of halogens is 4. The summed E-state index contributed by atoms with van der Waals surface area (Å²) in [5.41, 5.74) is -3.42. The van der Waals surface area contributed by atoms with E-state index < -0.39 is 41.5 Å². The second-order valence-corrected chi connectivity index (χ2v) is 6.02. The van der Waals surface area contributed by atoms with E-state index in [-0.39, 0.29) is 18.7 Å². The molecule has 9 heteroatoms. The number of hydrogen-bond donors (Lipinski definition) is 0. The summed E-state index contributed by atoms with van der Waals surface area (Å²) >= 11 is 0. The van der Waals surface area contributed by atoms with Crippen molar-refractivity contribution in [3.05, 3.63) is 29.3 Å². The van der Waals surface area contributed by atoms with Gasteiger partial charge in [-0.1, -0.05) is 0 Å². The molecule has 1 aliphatic heterocycles. The molecule has 1 fully saturated rings. The second-order valence-electron chi connectivity index (χ2n) is 6.02. The SMILES string of the molecule is CC1(C)C(=O)N(c2ccc(C#N)c(C(F)(F)F)c2)C(=O)N1CCCF. The third-order valence-corrected chi connectivity index (χ3v) is 4.03. The summed E-state index contributed by atoms with van der Waals surface area (Å²) in [4.78, 5) is 26.8. The highest BCUT2D eigenvalue weighted by Gasteiger charge is 2.51. The molecule has 134 valence electrons. The molecular formula is C16H15F4N3O2. The molecule has 1 aliphatic rings. The summed E-state index contributed by atoms with van der Waals surface area (Å²) in [6.07, 6.45) is -4.80. The van der Waals surface area contributed by atoms with Crippen LogP contribution in [0, 0.1) is 11.3 Å². The van der Waals surface area contributed by atoms with Crippen molar-refractivity contribution >= 4 is 17.6 Å². The average Bonchev–Trinajstić information content (AvgIpc) is 2.70. The maximum absolute atomic E-state index is 13.1. The zero-order valence-electron chi connectivity index (χ0n) is 13.5. The molecule has 5 nitrogen and oxygen atoms in total. The van der Waals surface area contributed by atoms with E-state index in [0.717, 1.165) is 17.0 Å². The minimum absolute atomic E-state index is 0.0114. The Kier molecular flexibility index (Phi) is 4.75. The first kappa shape index (κ1) is 18.7. The quantitative estimate of drug-likeness (QED) is 0.612. The Labute approximate surface area is 141 Å². The molecule has 3 amide bonds. The summed E-state index contributed by atoms with van der Waals surface area (Å²) in [6.45, 7) is 2.16. The average molecular weight is 357 g/mol. The Hall–Kier alpha value is -2.63. The van der Waals surface area contributed by atoms with Crippen molar-refractivity contribution in [1.29, 1.82) is 5.26 Å². The first-order valence-electron chi connectivity index (χ1n) is 7.39. The van der Waals surface area contributed by atoms with Crippen molar-refractivity contribution in [2.24, 2.45) is 0 Å². The van der Waals surface area contributed by atoms with Crippen LogP contribution in [-0.2, 0) is 11.0 Å². The van der Waals surface area contributed by atoms with Crippen molar-refractivity contribution in [2.75, 3.05) is 18.1 Å². The number of rotatable bonds is 4. The van der Waals surface area contributed by atoms with Crippen molar-refractivity contribution in [3.63, 3.8) is 0 Å². The summed E-state index contributed by atoms with van der Waals surface area (Å²) in [5.74, 6) is -0.714. The van der Waals surface area contributed by atoms with E-state index in [9.17, 15) is 27.2 Å². The smallest absolute Gasteiger partial charge is 0.310 e. The summed E-state index contributed by atoms with van der Waals surface area (Å²) in [7, 11) is 0. The van der Waals surface area contributed by atoms with Gasteiger partial charge < -0.3 is 4.90 Å². The first-order chi connectivity index (χ1) is 11.6. The Morgan fingerprint density at radius 3 is 2.40 bits per heavy atom. The lowest BCUT2D eigenvalue weighted by atomic mass is 10.0. The van der Waals surface area contributed by atoms with E-state index in [1.165, 1.54) is 19.9 Å². The van der Waals surface area contributed by atoms with E-state index in [2.05, 4.69) is 0 Å². The lowest BCUT2D eigenvalue weighted by molar-refractivity contribution is -0.137. The fourth-order valence-electron chi connectivity index (χ4n) is 2.66. The minimum Gasteiger partial charge on any atom is -0.310 e. The van der Waals surface area contributed by atoms with Crippen molar-refractivity contribution in [1.82, 2.24) is 4.90 Å². The number of carbonyl (C=O) groups is 2. The van der Waals surface area contributed by atoms with Crippen LogP contribution in [0.25, 0.3) is 0 Å². The van der Waals surface area contributed by atoms with E-state index in [1.807, 2.05) is 0 Å². The fourth-order valence-corrected chi connectivity index (χ4v) is 2.66. The van der Waals surface area contributed by atoms with Gasteiger partial charge in [0.2, 0.25) is 0 Å². The Morgan fingerprint density at radius 2 is 1.88 bits per heavy atom. The second kappa shape index (κ2) is 6.35. The Balaban J connectivity index is 2.50. The molecule has 25 heavy (non-hydrogen) atoms. The number of anilines is 1. The number of amides is 3. The molecule has 0 N–H and O–H groups in total. The highest BCUT2D eigenvalue weighted by Crippen LogP contribution is 2.37. The van der Waals surface area contributed by atoms with Gasteiger partial charge in [0.05, 0.1) is 29.6 Å². The van der Waals surface area contributed by atoms with Gasteiger partial charge in [-0.05, 0) is 38.5 Å². The molecule has 1 aromatic carbocycles. The van der Waals surface area contributed by atoms with Crippen LogP contribution in [0.2, 0.25) is 0 Å². The predicted octanol–water partition coefficient (Wildman–Crippen LogP) is 3.48. The molecule has 0 atom stereocenters. The number of nitrogens with zero attached hydrogens (tertiary/aromatic N) is 3. The van der Waals surface area contributed by atoms with Gasteiger partial charge in [0.25, 0.3) is 5.91 Å². The lowest BCUT2D eigenvalue weighted by Crippen LogP contribution is -2.44. The van der Waals surface area contributed by atoms with E-state index in [4.69, 9.17) is 5.26 Å². The highest BCUT2D eigenvalue weighted by atomic mass is 19.4. The van der Waals surface area contributed by atoms with Gasteiger partial charge in [0.15, 0.2) is 0 Å². The van der Waals surface area contributed by atoms with Crippen LogP contribution in [0.3, 0.4) is 0 Å². The topological polar surface area (TPSA) is 64.4 Å². The van der Waals surface area contributed by atoms with E-state index >= 15 is 0 Å². The van der Waals surface area contributed by atoms with Crippen LogP contribution in [-0.4, -0.2) is 35.6 Å². The molecule has 1 aromatic rings. The largest absolute Gasteiger partial charge is 0.417 e. The lowest BCUT2D eigenvalue weighted by Gasteiger charge is -2.27. The van der Waals surface area contributed by atoms with Gasteiger partial charge in [-0.15, -0.1) is 0 Å². The Morgan fingerprint density at radius 1 is 1.24 bits per heavy atom. The van der Waals surface area contributed by atoms with Crippen molar-refractivity contribution < 1.29 is 27.2 Å². The predicted molar refractivity (Wildman–Crippen MR) is 80.4 cm³/mol. The zero-order valence-corrected chi connectivity index (χ0v) is 13.5. The summed E-state index contributed by atoms with van der Waals surface area (Å²) < 4.78 is 51.7. The van der Waals surface area contributed by atoms with Crippen LogP contribution in [0.5, 0.6) is 0 Å². The van der Waals surface area contributed by atoms with Gasteiger partial charge in [0.1, 0.15) is 5.54 Å². The van der Waals surface area contributed by atoms with Gasteiger partial charge in [-0.25, -0.2) is 9.69 Å². The molecule has 0 aromatic heterocycles. The number of carbonyl (C=O) groups excluding carboxylic acids is 2. The van der Waals surface area contributed by atoms with Gasteiger partial charge >= 0.3 is 12.2 Å². The molecular weight excluding hydrogens is 342 g/mol. The van der Waals surface area contributed by atoms with Crippen molar-refractivity contribution in [2.45, 2.75) is 32.0 Å². The molecule has 0 bridgehead atoms. The maximum atomic E-state index is 13.1. The molecule has 2 rings (SSSR count). The highest BCUT2D eigenvalue weighted by molar-refractivity contribution is 6.23. The third kappa shape index (κ3) is 3.16. The molecule has 0 spiro atoms. The monoisotopic (exact) mass is 357 g/mol. The van der Waals surface area contributed by atoms with Crippen LogP contribution in [0.15, 0.2) is 18.2 Å². The van der Waals surface area contributed by atoms with Crippen LogP contribution >= 0.6 is 0 Å². The number of urea groups is 1. The molecule has 0 unspecified atom stereocenters. The minimum atomic E-state index is -4.81. The number of nitriles is 1.